The number of hydrogen-bond acceptors (Lipinski definition) is 2. The number of benzene rings is 1. The summed E-state index contributed by atoms with van der Waals surface area (Å²) in [7, 11) is 0. The van der Waals surface area contributed by atoms with Crippen LogP contribution in [0.15, 0.2) is 30.3 Å². The minimum absolute atomic E-state index is 0.516. The molecule has 1 aromatic carbocycles. The molecule has 0 spiro atoms. The van der Waals surface area contributed by atoms with Gasteiger partial charge >= 0.3 is 0 Å². The Hall–Kier alpha value is -1.85. The van der Waals surface area contributed by atoms with Gasteiger partial charge in [0.25, 0.3) is 0 Å². The van der Waals surface area contributed by atoms with Crippen molar-refractivity contribution in [3.63, 3.8) is 0 Å². The highest BCUT2D eigenvalue weighted by atomic mass is 16.3. The predicted octanol–water partition coefficient (Wildman–Crippen LogP) is 2.99. The first-order valence-corrected chi connectivity index (χ1v) is 5.70. The molecule has 0 aliphatic carbocycles. The summed E-state index contributed by atoms with van der Waals surface area (Å²) < 4.78 is 0. The topological polar surface area (TPSA) is 33.1 Å². The molecule has 1 atom stereocenters. The van der Waals surface area contributed by atoms with Gasteiger partial charge in [-0.15, -0.1) is 12.3 Å². The van der Waals surface area contributed by atoms with E-state index in [1.54, 1.807) is 0 Å². The van der Waals surface area contributed by atoms with Crippen LogP contribution in [0.4, 0.5) is 0 Å². The summed E-state index contributed by atoms with van der Waals surface area (Å²) in [6, 6.07) is 9.78. The van der Waals surface area contributed by atoms with Gasteiger partial charge in [-0.3, -0.25) is 4.98 Å². The molecule has 17 heavy (non-hydrogen) atoms. The highest BCUT2D eigenvalue weighted by molar-refractivity contribution is 5.82. The minimum Gasteiger partial charge on any atom is -0.388 e. The van der Waals surface area contributed by atoms with Crippen LogP contribution in [0.3, 0.4) is 0 Å². The quantitative estimate of drug-likeness (QED) is 0.814. The summed E-state index contributed by atoms with van der Waals surface area (Å²) in [6.45, 7) is 1.93. The Bertz CT molecular complexity index is 569. The summed E-state index contributed by atoms with van der Waals surface area (Å²) in [5.74, 6) is 2.56. The van der Waals surface area contributed by atoms with Gasteiger partial charge in [0.1, 0.15) is 0 Å². The third-order valence-corrected chi connectivity index (χ3v) is 2.80. The maximum absolute atomic E-state index is 10.2. The average Bonchev–Trinajstić information content (AvgIpc) is 2.34. The molecule has 0 radical (unpaired) electrons. The molecule has 2 aromatic rings. The molecule has 0 bridgehead atoms. The van der Waals surface area contributed by atoms with Crippen LogP contribution >= 0.6 is 0 Å². The van der Waals surface area contributed by atoms with Crippen LogP contribution in [0.25, 0.3) is 10.9 Å². The van der Waals surface area contributed by atoms with Gasteiger partial charge in [-0.1, -0.05) is 18.2 Å². The zero-order chi connectivity index (χ0) is 12.3. The van der Waals surface area contributed by atoms with Crippen molar-refractivity contribution in [1.29, 1.82) is 0 Å². The van der Waals surface area contributed by atoms with E-state index in [0.717, 1.165) is 22.2 Å². The highest BCUT2D eigenvalue weighted by Crippen LogP contribution is 2.26. The number of pyridine rings is 1. The van der Waals surface area contributed by atoms with E-state index in [0.29, 0.717) is 12.8 Å². The van der Waals surface area contributed by atoms with E-state index in [-0.39, 0.29) is 0 Å². The molecule has 1 aromatic heterocycles. The molecule has 0 saturated heterocycles. The number of aliphatic hydroxyl groups is 1. The number of aromatic nitrogens is 1. The summed E-state index contributed by atoms with van der Waals surface area (Å²) in [5, 5.41) is 11.2. The van der Waals surface area contributed by atoms with Gasteiger partial charge in [0, 0.05) is 17.5 Å². The molecule has 0 aliphatic rings. The lowest BCUT2D eigenvalue weighted by Gasteiger charge is -2.13. The van der Waals surface area contributed by atoms with E-state index in [9.17, 15) is 5.11 Å². The summed E-state index contributed by atoms with van der Waals surface area (Å²) in [4.78, 5) is 4.45. The third kappa shape index (κ3) is 2.46. The monoisotopic (exact) mass is 225 g/mol. The number of rotatable bonds is 3. The first kappa shape index (κ1) is 11.6. The van der Waals surface area contributed by atoms with Crippen LogP contribution in [-0.2, 0) is 0 Å². The van der Waals surface area contributed by atoms with E-state index in [1.165, 1.54) is 0 Å². The lowest BCUT2D eigenvalue weighted by Crippen LogP contribution is -2.00. The van der Waals surface area contributed by atoms with Crippen LogP contribution in [0, 0.1) is 19.3 Å². The molecule has 86 valence electrons. The minimum atomic E-state index is -0.516. The number of para-hydroxylation sites is 1. The Balaban J connectivity index is 2.48. The second-order valence-corrected chi connectivity index (χ2v) is 4.13. The van der Waals surface area contributed by atoms with E-state index < -0.39 is 6.10 Å². The molecule has 2 rings (SSSR count). The van der Waals surface area contributed by atoms with Gasteiger partial charge in [0.05, 0.1) is 11.6 Å². The van der Waals surface area contributed by atoms with Crippen molar-refractivity contribution < 1.29 is 5.11 Å². The molecule has 0 fully saturated rings. The molecular formula is C15H15NO. The lowest BCUT2D eigenvalue weighted by molar-refractivity contribution is 0.171. The number of nitrogens with zero attached hydrogens (tertiary/aromatic N) is 1. The molecule has 0 amide bonds. The first-order chi connectivity index (χ1) is 8.22. The summed E-state index contributed by atoms with van der Waals surface area (Å²) in [6.07, 6.45) is 5.88. The van der Waals surface area contributed by atoms with Crippen LogP contribution in [0.2, 0.25) is 0 Å². The third-order valence-electron chi connectivity index (χ3n) is 2.80. The summed E-state index contributed by atoms with van der Waals surface area (Å²) in [5.41, 5.74) is 2.75. The van der Waals surface area contributed by atoms with Crippen LogP contribution in [0.1, 0.15) is 30.2 Å². The van der Waals surface area contributed by atoms with E-state index in [1.807, 2.05) is 37.3 Å². The normalized spacial score (nSPS) is 12.3. The number of terminal acetylenes is 1. The van der Waals surface area contributed by atoms with Crippen molar-refractivity contribution in [1.82, 2.24) is 4.98 Å². The van der Waals surface area contributed by atoms with Crippen molar-refractivity contribution in [2.75, 3.05) is 0 Å². The van der Waals surface area contributed by atoms with Crippen molar-refractivity contribution in [3.8, 4) is 12.3 Å². The Kier molecular flexibility index (Phi) is 3.41. The Labute approximate surface area is 101 Å². The molecule has 0 aliphatic heterocycles. The highest BCUT2D eigenvalue weighted by Gasteiger charge is 2.11. The molecule has 0 saturated carbocycles. The van der Waals surface area contributed by atoms with Gasteiger partial charge in [-0.2, -0.15) is 0 Å². The SMILES string of the molecule is C#CCCC(O)c1cc(C)nc2ccccc12. The van der Waals surface area contributed by atoms with Crippen molar-refractivity contribution in [3.05, 3.63) is 41.6 Å². The van der Waals surface area contributed by atoms with Gasteiger partial charge in [-0.25, -0.2) is 0 Å². The van der Waals surface area contributed by atoms with Crippen molar-refractivity contribution >= 4 is 10.9 Å². The van der Waals surface area contributed by atoms with Crippen LogP contribution < -0.4 is 0 Å². The van der Waals surface area contributed by atoms with E-state index in [2.05, 4.69) is 10.9 Å². The number of fused-ring (bicyclic) bond motifs is 1. The molecule has 2 nitrogen and oxygen atoms in total. The second-order valence-electron chi connectivity index (χ2n) is 4.13. The Morgan fingerprint density at radius 3 is 2.94 bits per heavy atom. The summed E-state index contributed by atoms with van der Waals surface area (Å²) >= 11 is 0. The lowest BCUT2D eigenvalue weighted by atomic mass is 10.00. The van der Waals surface area contributed by atoms with Gasteiger partial charge in [0.2, 0.25) is 0 Å². The fourth-order valence-corrected chi connectivity index (χ4v) is 1.99. The van der Waals surface area contributed by atoms with Crippen LogP contribution in [-0.4, -0.2) is 10.1 Å². The van der Waals surface area contributed by atoms with Gasteiger partial charge in [-0.05, 0) is 31.0 Å². The fourth-order valence-electron chi connectivity index (χ4n) is 1.99. The van der Waals surface area contributed by atoms with Crippen molar-refractivity contribution in [2.24, 2.45) is 0 Å². The van der Waals surface area contributed by atoms with E-state index >= 15 is 0 Å². The molecule has 1 heterocycles. The number of hydrogen-bond donors (Lipinski definition) is 1. The molecule has 2 heteroatoms. The first-order valence-electron chi connectivity index (χ1n) is 5.70. The maximum atomic E-state index is 10.2. The standard InChI is InChI=1S/C15H15NO/c1-3-4-9-15(17)13-10-11(2)16-14-8-6-5-7-12(13)14/h1,5-8,10,15,17H,4,9H2,2H3. The fraction of sp³-hybridized carbons (Fsp3) is 0.267. The Morgan fingerprint density at radius 2 is 2.18 bits per heavy atom. The van der Waals surface area contributed by atoms with E-state index in [4.69, 9.17) is 6.42 Å². The number of aryl methyl sites for hydroxylation is 1. The largest absolute Gasteiger partial charge is 0.388 e. The van der Waals surface area contributed by atoms with Gasteiger partial charge in [0.15, 0.2) is 0 Å². The molecule has 1 unspecified atom stereocenters. The molecular weight excluding hydrogens is 210 g/mol. The maximum Gasteiger partial charge on any atom is 0.0806 e. The Morgan fingerprint density at radius 1 is 1.41 bits per heavy atom. The smallest absolute Gasteiger partial charge is 0.0806 e. The average molecular weight is 225 g/mol. The van der Waals surface area contributed by atoms with Gasteiger partial charge < -0.3 is 5.11 Å². The second kappa shape index (κ2) is 4.99. The predicted molar refractivity (Wildman–Crippen MR) is 69.5 cm³/mol. The number of aliphatic hydroxyl groups excluding tert-OH is 1. The molecule has 1 N–H and O–H groups in total. The zero-order valence-corrected chi connectivity index (χ0v) is 9.85. The van der Waals surface area contributed by atoms with Crippen LogP contribution in [0.5, 0.6) is 0 Å². The van der Waals surface area contributed by atoms with Crippen molar-refractivity contribution in [2.45, 2.75) is 25.9 Å². The zero-order valence-electron chi connectivity index (χ0n) is 9.85.